The van der Waals surface area contributed by atoms with Crippen LogP contribution in [0.15, 0.2) is 71.2 Å². The van der Waals surface area contributed by atoms with E-state index in [1.165, 1.54) is 24.3 Å². The van der Waals surface area contributed by atoms with Gasteiger partial charge in [-0.05, 0) is 42.0 Å². The molecule has 0 unspecified atom stereocenters. The van der Waals surface area contributed by atoms with Gasteiger partial charge in [-0.15, -0.1) is 0 Å². The summed E-state index contributed by atoms with van der Waals surface area (Å²) in [5, 5.41) is 2.92. The van der Waals surface area contributed by atoms with Gasteiger partial charge in [0.05, 0.1) is 0 Å². The normalized spacial score (nSPS) is 12.0. The van der Waals surface area contributed by atoms with E-state index in [9.17, 15) is 26.3 Å². The number of ether oxygens (including phenoxy) is 1. The summed E-state index contributed by atoms with van der Waals surface area (Å²) in [5.41, 5.74) is -0.381. The lowest BCUT2D eigenvalue weighted by Crippen LogP contribution is -2.33. The van der Waals surface area contributed by atoms with Crippen LogP contribution in [0.1, 0.15) is 11.1 Å². The van der Waals surface area contributed by atoms with Gasteiger partial charge in [-0.2, -0.15) is 22.0 Å². The second-order valence-electron chi connectivity index (χ2n) is 6.33. The Bertz CT molecular complexity index is 1040. The Hall–Kier alpha value is -2.68. The molecule has 0 saturated heterocycles. The highest BCUT2D eigenvalue weighted by Crippen LogP contribution is 2.44. The summed E-state index contributed by atoms with van der Waals surface area (Å²) in [6, 6.07) is 14.8. The van der Waals surface area contributed by atoms with Crippen molar-refractivity contribution in [2.24, 2.45) is 0 Å². The van der Waals surface area contributed by atoms with Crippen molar-refractivity contribution in [1.82, 2.24) is 0 Å². The monoisotopic (exact) mass is 489 g/mol. The van der Waals surface area contributed by atoms with Crippen LogP contribution in [-0.4, -0.2) is 6.18 Å². The SMILES string of the molecule is Fc1ccc(Br)cc1Oc1cccc(NCc2cccc(C(F)(F)C(F)(F)F)c2)c1. The van der Waals surface area contributed by atoms with Crippen LogP contribution in [-0.2, 0) is 12.5 Å². The summed E-state index contributed by atoms with van der Waals surface area (Å²) in [6.07, 6.45) is -5.67. The van der Waals surface area contributed by atoms with E-state index in [2.05, 4.69) is 21.2 Å². The van der Waals surface area contributed by atoms with Gasteiger partial charge in [0.25, 0.3) is 0 Å². The lowest BCUT2D eigenvalue weighted by Gasteiger charge is -2.20. The van der Waals surface area contributed by atoms with E-state index in [4.69, 9.17) is 4.74 Å². The summed E-state index contributed by atoms with van der Waals surface area (Å²) in [4.78, 5) is 0. The number of hydrogen-bond acceptors (Lipinski definition) is 2. The Morgan fingerprint density at radius 1 is 0.867 bits per heavy atom. The van der Waals surface area contributed by atoms with Gasteiger partial charge in [0.15, 0.2) is 11.6 Å². The third-order valence-corrected chi connectivity index (χ3v) is 4.59. The minimum atomic E-state index is -5.67. The number of benzene rings is 3. The first kappa shape index (κ1) is 22.0. The summed E-state index contributed by atoms with van der Waals surface area (Å²) in [7, 11) is 0. The molecule has 1 N–H and O–H groups in total. The number of halogens is 7. The van der Waals surface area contributed by atoms with Crippen molar-refractivity contribution in [2.45, 2.75) is 18.6 Å². The van der Waals surface area contributed by atoms with E-state index in [-0.39, 0.29) is 17.9 Å². The molecule has 0 aliphatic carbocycles. The molecule has 0 aliphatic rings. The maximum Gasteiger partial charge on any atom is 0.458 e. The van der Waals surface area contributed by atoms with Crippen molar-refractivity contribution in [2.75, 3.05) is 5.32 Å². The molecule has 0 radical (unpaired) electrons. The number of alkyl halides is 5. The molecule has 2 nitrogen and oxygen atoms in total. The highest BCUT2D eigenvalue weighted by atomic mass is 79.9. The molecule has 30 heavy (non-hydrogen) atoms. The molecule has 0 spiro atoms. The molecule has 158 valence electrons. The Morgan fingerprint density at radius 2 is 1.60 bits per heavy atom. The van der Waals surface area contributed by atoms with E-state index in [1.807, 2.05) is 0 Å². The summed E-state index contributed by atoms with van der Waals surface area (Å²) in [5.74, 6) is -5.18. The molecule has 3 rings (SSSR count). The van der Waals surface area contributed by atoms with Crippen LogP contribution >= 0.6 is 15.9 Å². The quantitative estimate of drug-likeness (QED) is 0.359. The number of anilines is 1. The van der Waals surface area contributed by atoms with Gasteiger partial charge in [0.1, 0.15) is 5.75 Å². The topological polar surface area (TPSA) is 21.3 Å². The predicted octanol–water partition coefficient (Wildman–Crippen LogP) is 7.65. The van der Waals surface area contributed by atoms with E-state index >= 15 is 0 Å². The van der Waals surface area contributed by atoms with Crippen molar-refractivity contribution < 1.29 is 31.1 Å². The van der Waals surface area contributed by atoms with Crippen LogP contribution in [0.4, 0.5) is 32.0 Å². The maximum atomic E-state index is 13.8. The molecule has 0 fully saturated rings. The fourth-order valence-electron chi connectivity index (χ4n) is 2.60. The Labute approximate surface area is 176 Å². The zero-order valence-electron chi connectivity index (χ0n) is 15.1. The predicted molar refractivity (Wildman–Crippen MR) is 104 cm³/mol. The molecule has 0 amide bonds. The van der Waals surface area contributed by atoms with E-state index in [0.717, 1.165) is 18.2 Å². The van der Waals surface area contributed by atoms with Crippen LogP contribution < -0.4 is 10.1 Å². The lowest BCUT2D eigenvalue weighted by molar-refractivity contribution is -0.289. The molecule has 0 atom stereocenters. The van der Waals surface area contributed by atoms with E-state index in [0.29, 0.717) is 15.9 Å². The van der Waals surface area contributed by atoms with Crippen LogP contribution in [0, 0.1) is 5.82 Å². The van der Waals surface area contributed by atoms with Crippen molar-refractivity contribution in [3.63, 3.8) is 0 Å². The fourth-order valence-corrected chi connectivity index (χ4v) is 2.94. The Morgan fingerprint density at radius 3 is 2.33 bits per heavy atom. The lowest BCUT2D eigenvalue weighted by atomic mass is 10.0. The third-order valence-electron chi connectivity index (χ3n) is 4.10. The maximum absolute atomic E-state index is 13.8. The zero-order chi connectivity index (χ0) is 21.9. The van der Waals surface area contributed by atoms with Gasteiger partial charge in [-0.1, -0.05) is 40.2 Å². The highest BCUT2D eigenvalue weighted by Gasteiger charge is 2.58. The van der Waals surface area contributed by atoms with E-state index in [1.54, 1.807) is 24.3 Å². The van der Waals surface area contributed by atoms with Gasteiger partial charge in [-0.3, -0.25) is 0 Å². The Kier molecular flexibility index (Phi) is 6.30. The van der Waals surface area contributed by atoms with Crippen molar-refractivity contribution in [3.05, 3.63) is 88.1 Å². The molecule has 3 aromatic carbocycles. The van der Waals surface area contributed by atoms with Crippen LogP contribution in [0.5, 0.6) is 11.5 Å². The third kappa shape index (κ3) is 5.08. The van der Waals surface area contributed by atoms with Gasteiger partial charge < -0.3 is 10.1 Å². The second-order valence-corrected chi connectivity index (χ2v) is 7.25. The Balaban J connectivity index is 1.72. The molecule has 0 heterocycles. The highest BCUT2D eigenvalue weighted by molar-refractivity contribution is 9.10. The van der Waals surface area contributed by atoms with Gasteiger partial charge in [0.2, 0.25) is 0 Å². The largest absolute Gasteiger partial charge is 0.458 e. The number of rotatable bonds is 6. The summed E-state index contributed by atoms with van der Waals surface area (Å²) >= 11 is 3.22. The molecular formula is C21H14BrF6NO. The minimum Gasteiger partial charge on any atom is -0.454 e. The van der Waals surface area contributed by atoms with Gasteiger partial charge in [-0.25, -0.2) is 4.39 Å². The number of nitrogens with one attached hydrogen (secondary N) is 1. The average molecular weight is 490 g/mol. The van der Waals surface area contributed by atoms with Crippen LogP contribution in [0.2, 0.25) is 0 Å². The minimum absolute atomic E-state index is 0.00334. The number of hydrogen-bond donors (Lipinski definition) is 1. The van der Waals surface area contributed by atoms with Crippen LogP contribution in [0.25, 0.3) is 0 Å². The summed E-state index contributed by atoms with van der Waals surface area (Å²) < 4.78 is 84.8. The van der Waals surface area contributed by atoms with Gasteiger partial charge in [0, 0.05) is 28.3 Å². The first-order valence-corrected chi connectivity index (χ1v) is 9.36. The molecule has 0 aliphatic heterocycles. The van der Waals surface area contributed by atoms with Crippen molar-refractivity contribution >= 4 is 21.6 Å². The fraction of sp³-hybridized carbons (Fsp3) is 0.143. The second kappa shape index (κ2) is 8.59. The zero-order valence-corrected chi connectivity index (χ0v) is 16.7. The standard InChI is InChI=1S/C21H14BrF6NO/c22-15-7-8-18(23)19(10-15)30-17-6-2-5-16(11-17)29-12-13-3-1-4-14(9-13)20(24,25)21(26,27)28/h1-11,29H,12H2. The summed E-state index contributed by atoms with van der Waals surface area (Å²) in [6.45, 7) is -0.00350. The molecule has 9 heteroatoms. The molecule has 0 saturated carbocycles. The molecule has 0 bridgehead atoms. The van der Waals surface area contributed by atoms with Crippen molar-refractivity contribution in [1.29, 1.82) is 0 Å². The first-order chi connectivity index (χ1) is 14.1. The molecule has 0 aromatic heterocycles. The van der Waals surface area contributed by atoms with E-state index < -0.39 is 23.5 Å². The first-order valence-electron chi connectivity index (χ1n) is 8.57. The molecular weight excluding hydrogens is 476 g/mol. The van der Waals surface area contributed by atoms with Crippen LogP contribution in [0.3, 0.4) is 0 Å². The average Bonchev–Trinajstić information content (AvgIpc) is 2.69. The van der Waals surface area contributed by atoms with Gasteiger partial charge >= 0.3 is 12.1 Å². The van der Waals surface area contributed by atoms with Crippen molar-refractivity contribution in [3.8, 4) is 11.5 Å². The smallest absolute Gasteiger partial charge is 0.454 e. The molecule has 3 aromatic rings.